The van der Waals surface area contributed by atoms with Gasteiger partial charge in [0.2, 0.25) is 6.43 Å². The van der Waals surface area contributed by atoms with Crippen LogP contribution in [0.5, 0.6) is 0 Å². The van der Waals surface area contributed by atoms with E-state index in [1.165, 1.54) is 0 Å². The Labute approximate surface area is 76.0 Å². The highest BCUT2D eigenvalue weighted by atomic mass is 19.3. The molecule has 0 aromatic heterocycles. The topological polar surface area (TPSA) is 20.2 Å². The van der Waals surface area contributed by atoms with Crippen LogP contribution < -0.4 is 0 Å². The third-order valence-electron chi connectivity index (χ3n) is 1.84. The standard InChI is InChI=1S/C10H12F2O/c11-10(12)7-6-9(13)8-4-2-1-3-5-8/h1-5,9-10,13H,6-7H2. The molecular weight excluding hydrogens is 174 g/mol. The second-order valence-corrected chi connectivity index (χ2v) is 2.89. The van der Waals surface area contributed by atoms with Crippen LogP contribution in [0.2, 0.25) is 0 Å². The highest BCUT2D eigenvalue weighted by Gasteiger charge is 2.10. The number of halogens is 2. The summed E-state index contributed by atoms with van der Waals surface area (Å²) >= 11 is 0. The van der Waals surface area contributed by atoms with Gasteiger partial charge in [0.1, 0.15) is 0 Å². The van der Waals surface area contributed by atoms with Gasteiger partial charge in [-0.15, -0.1) is 0 Å². The fraction of sp³-hybridized carbons (Fsp3) is 0.400. The predicted octanol–water partition coefficient (Wildman–Crippen LogP) is 2.77. The highest BCUT2D eigenvalue weighted by Crippen LogP contribution is 2.19. The molecule has 1 rings (SSSR count). The zero-order valence-corrected chi connectivity index (χ0v) is 7.16. The molecule has 1 atom stereocenters. The number of alkyl halides is 2. The van der Waals surface area contributed by atoms with Crippen molar-refractivity contribution in [1.29, 1.82) is 0 Å². The van der Waals surface area contributed by atoms with Crippen molar-refractivity contribution in [2.24, 2.45) is 0 Å². The quantitative estimate of drug-likeness (QED) is 0.766. The molecule has 1 N–H and O–H groups in total. The summed E-state index contributed by atoms with van der Waals surface area (Å²) in [5.41, 5.74) is 0.697. The zero-order valence-electron chi connectivity index (χ0n) is 7.16. The maximum absolute atomic E-state index is 11.8. The summed E-state index contributed by atoms with van der Waals surface area (Å²) in [5.74, 6) is 0. The Morgan fingerprint density at radius 3 is 2.23 bits per heavy atom. The van der Waals surface area contributed by atoms with Crippen molar-refractivity contribution >= 4 is 0 Å². The average Bonchev–Trinajstić information content (AvgIpc) is 2.15. The highest BCUT2D eigenvalue weighted by molar-refractivity contribution is 5.16. The molecule has 0 saturated carbocycles. The van der Waals surface area contributed by atoms with Gasteiger partial charge in [0.15, 0.2) is 0 Å². The van der Waals surface area contributed by atoms with Crippen LogP contribution in [0.1, 0.15) is 24.5 Å². The fourth-order valence-electron chi connectivity index (χ4n) is 1.13. The smallest absolute Gasteiger partial charge is 0.238 e. The Morgan fingerprint density at radius 1 is 1.08 bits per heavy atom. The Balaban J connectivity index is 2.44. The molecule has 1 aromatic carbocycles. The van der Waals surface area contributed by atoms with Crippen molar-refractivity contribution in [1.82, 2.24) is 0 Å². The van der Waals surface area contributed by atoms with E-state index in [4.69, 9.17) is 0 Å². The van der Waals surface area contributed by atoms with E-state index < -0.39 is 12.5 Å². The lowest BCUT2D eigenvalue weighted by molar-refractivity contribution is 0.0962. The Hall–Kier alpha value is -0.960. The summed E-state index contributed by atoms with van der Waals surface area (Å²) in [4.78, 5) is 0. The van der Waals surface area contributed by atoms with Gasteiger partial charge in [0.25, 0.3) is 0 Å². The minimum absolute atomic E-state index is 0.113. The number of hydrogen-bond acceptors (Lipinski definition) is 1. The van der Waals surface area contributed by atoms with E-state index in [0.717, 1.165) is 0 Å². The summed E-state index contributed by atoms with van der Waals surface area (Å²) in [5, 5.41) is 9.44. The minimum Gasteiger partial charge on any atom is -0.388 e. The zero-order chi connectivity index (χ0) is 9.68. The first-order valence-corrected chi connectivity index (χ1v) is 4.21. The molecule has 0 aliphatic rings. The summed E-state index contributed by atoms with van der Waals surface area (Å²) in [6, 6.07) is 8.84. The summed E-state index contributed by atoms with van der Waals surface area (Å²) in [6.45, 7) is 0. The SMILES string of the molecule is OC(CCC(F)F)c1ccccc1. The van der Waals surface area contributed by atoms with Gasteiger partial charge in [0, 0.05) is 6.42 Å². The molecule has 3 heteroatoms. The van der Waals surface area contributed by atoms with Crippen molar-refractivity contribution in [3.05, 3.63) is 35.9 Å². The molecule has 1 unspecified atom stereocenters. The van der Waals surface area contributed by atoms with E-state index in [9.17, 15) is 13.9 Å². The van der Waals surface area contributed by atoms with Crippen LogP contribution >= 0.6 is 0 Å². The molecule has 0 heterocycles. The minimum atomic E-state index is -2.33. The normalized spacial score (nSPS) is 13.2. The van der Waals surface area contributed by atoms with Crippen LogP contribution in [-0.4, -0.2) is 11.5 Å². The van der Waals surface area contributed by atoms with Crippen LogP contribution in [0.25, 0.3) is 0 Å². The van der Waals surface area contributed by atoms with Gasteiger partial charge in [0.05, 0.1) is 6.10 Å². The second-order valence-electron chi connectivity index (χ2n) is 2.89. The molecule has 13 heavy (non-hydrogen) atoms. The maximum Gasteiger partial charge on any atom is 0.238 e. The summed E-state index contributed by atoms with van der Waals surface area (Å²) < 4.78 is 23.6. The predicted molar refractivity (Wildman–Crippen MR) is 46.6 cm³/mol. The third kappa shape index (κ3) is 3.51. The lowest BCUT2D eigenvalue weighted by Gasteiger charge is -2.09. The van der Waals surface area contributed by atoms with Gasteiger partial charge in [-0.05, 0) is 12.0 Å². The van der Waals surface area contributed by atoms with Gasteiger partial charge < -0.3 is 5.11 Å². The Kier molecular flexibility index (Phi) is 3.83. The van der Waals surface area contributed by atoms with Gasteiger partial charge >= 0.3 is 0 Å². The molecular formula is C10H12F2O. The van der Waals surface area contributed by atoms with E-state index in [0.29, 0.717) is 5.56 Å². The van der Waals surface area contributed by atoms with Crippen molar-refractivity contribution in [3.63, 3.8) is 0 Å². The number of aliphatic hydroxyl groups excluding tert-OH is 1. The number of benzene rings is 1. The van der Waals surface area contributed by atoms with E-state index in [-0.39, 0.29) is 12.8 Å². The summed E-state index contributed by atoms with van der Waals surface area (Å²) in [7, 11) is 0. The van der Waals surface area contributed by atoms with Crippen molar-refractivity contribution in [2.45, 2.75) is 25.4 Å². The van der Waals surface area contributed by atoms with E-state index in [1.807, 2.05) is 6.07 Å². The van der Waals surface area contributed by atoms with Crippen molar-refractivity contribution in [2.75, 3.05) is 0 Å². The molecule has 72 valence electrons. The molecule has 0 amide bonds. The van der Waals surface area contributed by atoms with Crippen LogP contribution in [0.4, 0.5) is 8.78 Å². The second kappa shape index (κ2) is 4.92. The number of aliphatic hydroxyl groups is 1. The molecule has 1 nitrogen and oxygen atoms in total. The lowest BCUT2D eigenvalue weighted by atomic mass is 10.1. The molecule has 0 spiro atoms. The molecule has 0 aliphatic heterocycles. The molecule has 1 aromatic rings. The third-order valence-corrected chi connectivity index (χ3v) is 1.84. The Morgan fingerprint density at radius 2 is 1.69 bits per heavy atom. The molecule has 0 radical (unpaired) electrons. The molecule has 0 fully saturated rings. The molecule has 0 aliphatic carbocycles. The number of rotatable bonds is 4. The maximum atomic E-state index is 11.8. The lowest BCUT2D eigenvalue weighted by Crippen LogP contribution is -2.00. The van der Waals surface area contributed by atoms with Crippen LogP contribution in [0.3, 0.4) is 0 Å². The van der Waals surface area contributed by atoms with E-state index in [1.54, 1.807) is 24.3 Å². The average molecular weight is 186 g/mol. The van der Waals surface area contributed by atoms with Crippen molar-refractivity contribution < 1.29 is 13.9 Å². The van der Waals surface area contributed by atoms with Crippen molar-refractivity contribution in [3.8, 4) is 0 Å². The van der Waals surface area contributed by atoms with Gasteiger partial charge in [-0.2, -0.15) is 0 Å². The van der Waals surface area contributed by atoms with Gasteiger partial charge in [-0.25, -0.2) is 8.78 Å². The monoisotopic (exact) mass is 186 g/mol. The molecule has 0 saturated heterocycles. The van der Waals surface area contributed by atoms with E-state index in [2.05, 4.69) is 0 Å². The van der Waals surface area contributed by atoms with E-state index >= 15 is 0 Å². The van der Waals surface area contributed by atoms with Gasteiger partial charge in [-0.1, -0.05) is 30.3 Å². The largest absolute Gasteiger partial charge is 0.388 e. The first kappa shape index (κ1) is 10.1. The summed E-state index contributed by atoms with van der Waals surface area (Å²) in [6.07, 6.45) is -3.24. The van der Waals surface area contributed by atoms with Crippen LogP contribution in [0, 0.1) is 0 Å². The Bertz CT molecular complexity index is 236. The fourth-order valence-corrected chi connectivity index (χ4v) is 1.13. The molecule has 0 bridgehead atoms. The first-order valence-electron chi connectivity index (χ1n) is 4.21. The van der Waals surface area contributed by atoms with Gasteiger partial charge in [-0.3, -0.25) is 0 Å². The first-order chi connectivity index (χ1) is 6.20. The van der Waals surface area contributed by atoms with Crippen LogP contribution in [0.15, 0.2) is 30.3 Å². The number of hydrogen-bond donors (Lipinski definition) is 1. The van der Waals surface area contributed by atoms with Crippen LogP contribution in [-0.2, 0) is 0 Å².